The van der Waals surface area contributed by atoms with Crippen LogP contribution in [0, 0.1) is 5.82 Å². The van der Waals surface area contributed by atoms with E-state index in [1.165, 1.54) is 12.1 Å². The minimum atomic E-state index is -0.363. The summed E-state index contributed by atoms with van der Waals surface area (Å²) in [5.41, 5.74) is 2.33. The molecular formula is C19H16FNO3. The van der Waals surface area contributed by atoms with Gasteiger partial charge in [0.25, 0.3) is 5.91 Å². The summed E-state index contributed by atoms with van der Waals surface area (Å²) in [5.74, 6) is -0.0154. The van der Waals surface area contributed by atoms with Crippen LogP contribution >= 0.6 is 0 Å². The Morgan fingerprint density at radius 3 is 2.38 bits per heavy atom. The van der Waals surface area contributed by atoms with Crippen molar-refractivity contribution in [2.24, 2.45) is 0 Å². The van der Waals surface area contributed by atoms with Crippen molar-refractivity contribution < 1.29 is 18.7 Å². The van der Waals surface area contributed by atoms with Gasteiger partial charge in [-0.15, -0.1) is 0 Å². The molecule has 4 nitrogen and oxygen atoms in total. The highest BCUT2D eigenvalue weighted by Crippen LogP contribution is 2.23. The number of halogens is 1. The molecule has 122 valence electrons. The molecule has 24 heavy (non-hydrogen) atoms. The lowest BCUT2D eigenvalue weighted by atomic mass is 10.1. The van der Waals surface area contributed by atoms with Gasteiger partial charge in [-0.05, 0) is 60.5 Å². The Labute approximate surface area is 138 Å². The Balaban J connectivity index is 1.70. The Hall–Kier alpha value is -2.92. The Kier molecular flexibility index (Phi) is 4.72. The lowest BCUT2D eigenvalue weighted by Crippen LogP contribution is -2.10. The van der Waals surface area contributed by atoms with Crippen LogP contribution in [0.4, 0.5) is 10.1 Å². The number of amides is 1. The number of rotatable bonds is 5. The van der Waals surface area contributed by atoms with Crippen LogP contribution in [0.15, 0.2) is 65.1 Å². The third-order valence-electron chi connectivity index (χ3n) is 3.57. The quantitative estimate of drug-likeness (QED) is 0.748. The molecule has 3 aromatic rings. The molecule has 5 heteroatoms. The number of furan rings is 1. The molecule has 1 heterocycles. The molecule has 0 spiro atoms. The molecule has 0 saturated carbocycles. The van der Waals surface area contributed by atoms with Crippen molar-refractivity contribution in [2.45, 2.75) is 6.42 Å². The van der Waals surface area contributed by atoms with E-state index in [0.717, 1.165) is 5.56 Å². The van der Waals surface area contributed by atoms with Crippen molar-refractivity contribution in [3.63, 3.8) is 0 Å². The largest absolute Gasteiger partial charge is 0.451 e. The monoisotopic (exact) mass is 325 g/mol. The number of aliphatic hydroxyl groups excluding tert-OH is 1. The summed E-state index contributed by atoms with van der Waals surface area (Å²) < 4.78 is 18.5. The van der Waals surface area contributed by atoms with Gasteiger partial charge in [0.1, 0.15) is 11.6 Å². The molecular weight excluding hydrogens is 309 g/mol. The highest BCUT2D eigenvalue weighted by Gasteiger charge is 2.12. The second-order valence-electron chi connectivity index (χ2n) is 5.30. The van der Waals surface area contributed by atoms with E-state index in [0.29, 0.717) is 23.4 Å². The van der Waals surface area contributed by atoms with Crippen LogP contribution in [-0.4, -0.2) is 17.6 Å². The topological polar surface area (TPSA) is 62.5 Å². The van der Waals surface area contributed by atoms with Crippen molar-refractivity contribution in [1.29, 1.82) is 0 Å². The standard InChI is InChI=1S/C19H16FNO3/c20-15-5-3-14(4-6-15)17-9-10-18(24-17)19(23)21-16-7-1-13(2-8-16)11-12-22/h1-10,22H,11-12H2,(H,21,23). The zero-order valence-corrected chi connectivity index (χ0v) is 12.8. The smallest absolute Gasteiger partial charge is 0.291 e. The van der Waals surface area contributed by atoms with Crippen molar-refractivity contribution >= 4 is 11.6 Å². The fraction of sp³-hybridized carbons (Fsp3) is 0.105. The fourth-order valence-corrected chi connectivity index (χ4v) is 2.31. The molecule has 0 radical (unpaired) electrons. The van der Waals surface area contributed by atoms with Crippen LogP contribution < -0.4 is 5.32 Å². The average Bonchev–Trinajstić information content (AvgIpc) is 3.08. The number of nitrogens with one attached hydrogen (secondary N) is 1. The molecule has 0 aliphatic rings. The van der Waals surface area contributed by atoms with E-state index >= 15 is 0 Å². The number of carbonyl (C=O) groups is 1. The Bertz CT molecular complexity index is 823. The second kappa shape index (κ2) is 7.10. The van der Waals surface area contributed by atoms with Crippen LogP contribution in [0.25, 0.3) is 11.3 Å². The van der Waals surface area contributed by atoms with Gasteiger partial charge in [-0.25, -0.2) is 4.39 Å². The van der Waals surface area contributed by atoms with E-state index in [4.69, 9.17) is 9.52 Å². The van der Waals surface area contributed by atoms with Gasteiger partial charge in [0, 0.05) is 17.9 Å². The normalized spacial score (nSPS) is 10.6. The highest BCUT2D eigenvalue weighted by molar-refractivity contribution is 6.02. The van der Waals surface area contributed by atoms with Gasteiger partial charge in [0.15, 0.2) is 5.76 Å². The van der Waals surface area contributed by atoms with Gasteiger partial charge >= 0.3 is 0 Å². The van der Waals surface area contributed by atoms with Crippen LogP contribution in [-0.2, 0) is 6.42 Å². The van der Waals surface area contributed by atoms with Crippen LogP contribution in [0.5, 0.6) is 0 Å². The van der Waals surface area contributed by atoms with Gasteiger partial charge in [-0.2, -0.15) is 0 Å². The summed E-state index contributed by atoms with van der Waals surface area (Å²) in [6, 6.07) is 16.3. The second-order valence-corrected chi connectivity index (χ2v) is 5.30. The molecule has 0 unspecified atom stereocenters. The predicted molar refractivity (Wildman–Crippen MR) is 89.3 cm³/mol. The van der Waals surface area contributed by atoms with Crippen LogP contribution in [0.3, 0.4) is 0 Å². The molecule has 2 N–H and O–H groups in total. The van der Waals surface area contributed by atoms with Crippen molar-refractivity contribution in [2.75, 3.05) is 11.9 Å². The van der Waals surface area contributed by atoms with Gasteiger partial charge in [0.05, 0.1) is 0 Å². The number of hydrogen-bond donors (Lipinski definition) is 2. The van der Waals surface area contributed by atoms with Crippen LogP contribution in [0.2, 0.25) is 0 Å². The summed E-state index contributed by atoms with van der Waals surface area (Å²) in [4.78, 5) is 12.2. The van der Waals surface area contributed by atoms with Gasteiger partial charge < -0.3 is 14.8 Å². The predicted octanol–water partition coefficient (Wildman–Crippen LogP) is 3.87. The van der Waals surface area contributed by atoms with Crippen LogP contribution in [0.1, 0.15) is 16.1 Å². The molecule has 1 amide bonds. The summed E-state index contributed by atoms with van der Waals surface area (Å²) in [5, 5.41) is 11.6. The molecule has 0 bridgehead atoms. The summed E-state index contributed by atoms with van der Waals surface area (Å²) in [6.45, 7) is 0.0876. The minimum absolute atomic E-state index is 0.0876. The maximum Gasteiger partial charge on any atom is 0.291 e. The molecule has 0 aliphatic carbocycles. The Morgan fingerprint density at radius 1 is 1.00 bits per heavy atom. The van der Waals surface area contributed by atoms with E-state index in [1.54, 1.807) is 36.4 Å². The number of benzene rings is 2. The summed E-state index contributed by atoms with van der Waals surface area (Å²) in [6.07, 6.45) is 0.577. The minimum Gasteiger partial charge on any atom is -0.451 e. The number of hydrogen-bond acceptors (Lipinski definition) is 3. The lowest BCUT2D eigenvalue weighted by molar-refractivity contribution is 0.0997. The molecule has 0 aliphatic heterocycles. The van der Waals surface area contributed by atoms with Gasteiger partial charge in [-0.3, -0.25) is 4.79 Å². The zero-order chi connectivity index (χ0) is 16.9. The van der Waals surface area contributed by atoms with E-state index in [1.807, 2.05) is 12.1 Å². The number of aliphatic hydroxyl groups is 1. The van der Waals surface area contributed by atoms with E-state index < -0.39 is 0 Å². The maximum atomic E-state index is 12.9. The summed E-state index contributed by atoms with van der Waals surface area (Å²) in [7, 11) is 0. The number of carbonyl (C=O) groups excluding carboxylic acids is 1. The third kappa shape index (κ3) is 3.70. The SMILES string of the molecule is O=C(Nc1ccc(CCO)cc1)c1ccc(-c2ccc(F)cc2)o1. The molecule has 0 atom stereocenters. The average molecular weight is 325 g/mol. The molecule has 0 saturated heterocycles. The van der Waals surface area contributed by atoms with E-state index in [-0.39, 0.29) is 24.1 Å². The lowest BCUT2D eigenvalue weighted by Gasteiger charge is -2.04. The van der Waals surface area contributed by atoms with Crippen molar-refractivity contribution in [3.05, 3.63) is 77.8 Å². The number of anilines is 1. The van der Waals surface area contributed by atoms with E-state index in [9.17, 15) is 9.18 Å². The molecule has 1 aromatic heterocycles. The Morgan fingerprint density at radius 2 is 1.71 bits per heavy atom. The molecule has 0 fully saturated rings. The first kappa shape index (κ1) is 16.0. The first-order valence-corrected chi connectivity index (χ1v) is 7.52. The van der Waals surface area contributed by atoms with Crippen molar-refractivity contribution in [3.8, 4) is 11.3 Å². The third-order valence-corrected chi connectivity index (χ3v) is 3.57. The fourth-order valence-electron chi connectivity index (χ4n) is 2.31. The molecule has 2 aromatic carbocycles. The van der Waals surface area contributed by atoms with E-state index in [2.05, 4.69) is 5.32 Å². The zero-order valence-electron chi connectivity index (χ0n) is 12.8. The first-order chi connectivity index (χ1) is 11.7. The molecule has 3 rings (SSSR count). The highest BCUT2D eigenvalue weighted by atomic mass is 19.1. The maximum absolute atomic E-state index is 12.9. The van der Waals surface area contributed by atoms with Gasteiger partial charge in [-0.1, -0.05) is 12.1 Å². The van der Waals surface area contributed by atoms with Crippen molar-refractivity contribution in [1.82, 2.24) is 0 Å². The first-order valence-electron chi connectivity index (χ1n) is 7.52. The van der Waals surface area contributed by atoms with Gasteiger partial charge in [0.2, 0.25) is 0 Å². The summed E-state index contributed by atoms with van der Waals surface area (Å²) >= 11 is 0.